The average Bonchev–Trinajstić information content (AvgIpc) is 1.02. The minimum Gasteiger partial charge on any atom is -0.462 e. The molecule has 17 nitrogen and oxygen atoms in total. The lowest BCUT2D eigenvalue weighted by Crippen LogP contribution is -2.30. The topological polar surface area (TPSA) is 237 Å². The van der Waals surface area contributed by atoms with Crippen molar-refractivity contribution in [2.75, 3.05) is 39.6 Å². The van der Waals surface area contributed by atoms with Crippen LogP contribution in [0.15, 0.2) is 0 Å². The Bertz CT molecular complexity index is 1910. The number of esters is 4. The summed E-state index contributed by atoms with van der Waals surface area (Å²) in [5.41, 5.74) is 0. The summed E-state index contributed by atoms with van der Waals surface area (Å²) in [4.78, 5) is 72.9. The molecule has 0 aromatic rings. The van der Waals surface area contributed by atoms with E-state index in [2.05, 4.69) is 41.5 Å². The first kappa shape index (κ1) is 97.1. The van der Waals surface area contributed by atoms with Crippen molar-refractivity contribution in [2.45, 2.75) is 439 Å². The highest BCUT2D eigenvalue weighted by Crippen LogP contribution is 2.45. The number of hydrogen-bond acceptors (Lipinski definition) is 15. The number of phosphoric acid groups is 2. The molecular formula is C80H156O17P2. The Hall–Kier alpha value is -1.94. The predicted molar refractivity (Wildman–Crippen MR) is 405 cm³/mol. The van der Waals surface area contributed by atoms with Crippen LogP contribution in [0.5, 0.6) is 0 Å². The van der Waals surface area contributed by atoms with Crippen molar-refractivity contribution in [3.63, 3.8) is 0 Å². The summed E-state index contributed by atoms with van der Waals surface area (Å²) in [6.07, 6.45) is 60.9. The van der Waals surface area contributed by atoms with E-state index in [9.17, 15) is 43.2 Å². The van der Waals surface area contributed by atoms with Crippen LogP contribution in [0.25, 0.3) is 0 Å². The van der Waals surface area contributed by atoms with E-state index in [0.717, 1.165) is 102 Å². The molecule has 0 aromatic heterocycles. The van der Waals surface area contributed by atoms with Crippen molar-refractivity contribution in [1.82, 2.24) is 0 Å². The molecule has 0 heterocycles. The van der Waals surface area contributed by atoms with Crippen molar-refractivity contribution < 1.29 is 80.2 Å². The number of carbonyl (C=O) groups is 4. The molecule has 0 radical (unpaired) electrons. The summed E-state index contributed by atoms with van der Waals surface area (Å²) in [5.74, 6) is -0.467. The van der Waals surface area contributed by atoms with Gasteiger partial charge in [-0.3, -0.25) is 37.3 Å². The normalized spacial score (nSPS) is 14.2. The van der Waals surface area contributed by atoms with E-state index >= 15 is 0 Å². The lowest BCUT2D eigenvalue weighted by atomic mass is 9.99. The summed E-state index contributed by atoms with van der Waals surface area (Å²) in [5, 5.41) is 10.6. The summed E-state index contributed by atoms with van der Waals surface area (Å²) in [7, 11) is -9.92. The van der Waals surface area contributed by atoms with Crippen LogP contribution in [0.1, 0.15) is 420 Å². The molecule has 0 spiro atoms. The Labute approximate surface area is 607 Å². The van der Waals surface area contributed by atoms with Gasteiger partial charge in [0.25, 0.3) is 0 Å². The highest BCUT2D eigenvalue weighted by molar-refractivity contribution is 7.47. The number of rotatable bonds is 79. The molecule has 0 rings (SSSR count). The smallest absolute Gasteiger partial charge is 0.462 e. The van der Waals surface area contributed by atoms with E-state index in [1.807, 2.05) is 0 Å². The second kappa shape index (κ2) is 71.7. The molecule has 0 saturated heterocycles. The fourth-order valence-corrected chi connectivity index (χ4v) is 13.9. The van der Waals surface area contributed by atoms with Gasteiger partial charge in [-0.2, -0.15) is 0 Å². The van der Waals surface area contributed by atoms with Crippen molar-refractivity contribution in [3.05, 3.63) is 0 Å². The van der Waals surface area contributed by atoms with Crippen LogP contribution in [0.2, 0.25) is 0 Å². The molecular weight excluding hydrogens is 1290 g/mol. The molecule has 0 aliphatic carbocycles. The third kappa shape index (κ3) is 72.8. The maximum atomic E-state index is 13.1. The minimum atomic E-state index is -4.96. The van der Waals surface area contributed by atoms with Crippen LogP contribution in [0, 0.1) is 11.8 Å². The Balaban J connectivity index is 5.21. The van der Waals surface area contributed by atoms with Gasteiger partial charge in [-0.1, -0.05) is 369 Å². The minimum absolute atomic E-state index is 0.108. The van der Waals surface area contributed by atoms with Gasteiger partial charge in [-0.25, -0.2) is 9.13 Å². The summed E-state index contributed by atoms with van der Waals surface area (Å²) in [6, 6.07) is 0. The van der Waals surface area contributed by atoms with Crippen LogP contribution in [0.3, 0.4) is 0 Å². The van der Waals surface area contributed by atoms with E-state index < -0.39 is 97.5 Å². The quantitative estimate of drug-likeness (QED) is 0.0222. The molecule has 19 heteroatoms. The molecule has 99 heavy (non-hydrogen) atoms. The lowest BCUT2D eigenvalue weighted by molar-refractivity contribution is -0.161. The SMILES string of the molecule is CCCCCCCCCCCCCCC(=O)O[C@H](COC(=O)CCCCCCCCCCCCC)COP(=O)(O)OC[C@H](O)COP(=O)(O)OC[C@@H](COC(=O)CCCCCCCCCCCCCC(C)C)OC(=O)CCCCCCCCCCCCCCCCCCCCC(C)CC. The first-order chi connectivity index (χ1) is 47.9. The Kier molecular flexibility index (Phi) is 70.3. The standard InChI is InChI=1S/C80H156O17P2/c1-7-10-12-14-16-18-20-33-40-46-52-58-64-79(84)96-75(68-90-77(82)62-56-50-44-38-30-19-17-15-13-11-8-2)70-94-98(86,87)92-66-74(81)67-93-99(88,89)95-71-76(69-91-78(83)63-57-51-45-39-35-29-31-36-42-48-54-60-72(4)5)97-80(85)65-59-53-47-41-34-28-26-24-22-21-23-25-27-32-37-43-49-55-61-73(6)9-3/h72-76,81H,7-71H2,1-6H3,(H,86,87)(H,88,89)/t73?,74-,75+,76+/m0/s1. The molecule has 0 saturated carbocycles. The number of ether oxygens (including phenoxy) is 4. The van der Waals surface area contributed by atoms with E-state index in [4.69, 9.17) is 37.0 Å². The Morgan fingerprint density at radius 3 is 0.768 bits per heavy atom. The molecule has 3 N–H and O–H groups in total. The second-order valence-corrected chi connectivity index (χ2v) is 32.4. The Morgan fingerprint density at radius 1 is 0.293 bits per heavy atom. The molecule has 0 aliphatic rings. The van der Waals surface area contributed by atoms with Crippen molar-refractivity contribution >= 4 is 39.5 Å². The van der Waals surface area contributed by atoms with Gasteiger partial charge in [0.2, 0.25) is 0 Å². The first-order valence-electron chi connectivity index (χ1n) is 41.5. The fraction of sp³-hybridized carbons (Fsp3) is 0.950. The molecule has 0 fully saturated rings. The van der Waals surface area contributed by atoms with Gasteiger partial charge < -0.3 is 33.8 Å². The number of phosphoric ester groups is 2. The van der Waals surface area contributed by atoms with Gasteiger partial charge in [0.1, 0.15) is 19.3 Å². The van der Waals surface area contributed by atoms with Gasteiger partial charge in [0, 0.05) is 25.7 Å². The second-order valence-electron chi connectivity index (χ2n) is 29.5. The third-order valence-electron chi connectivity index (χ3n) is 19.1. The number of aliphatic hydroxyl groups excluding tert-OH is 1. The summed E-state index contributed by atoms with van der Waals surface area (Å²) >= 11 is 0. The monoisotopic (exact) mass is 1450 g/mol. The average molecular weight is 1450 g/mol. The predicted octanol–water partition coefficient (Wildman–Crippen LogP) is 23.9. The van der Waals surface area contributed by atoms with E-state index in [1.165, 1.54) is 238 Å². The Morgan fingerprint density at radius 2 is 0.515 bits per heavy atom. The van der Waals surface area contributed by atoms with Crippen molar-refractivity contribution in [3.8, 4) is 0 Å². The number of aliphatic hydroxyl groups is 1. The van der Waals surface area contributed by atoms with E-state index in [1.54, 1.807) is 0 Å². The molecule has 6 atom stereocenters. The lowest BCUT2D eigenvalue weighted by Gasteiger charge is -2.21. The van der Waals surface area contributed by atoms with Crippen LogP contribution in [-0.2, 0) is 65.4 Å². The largest absolute Gasteiger partial charge is 0.472 e. The van der Waals surface area contributed by atoms with E-state index in [-0.39, 0.29) is 25.7 Å². The van der Waals surface area contributed by atoms with Gasteiger partial charge >= 0.3 is 39.5 Å². The number of carbonyl (C=O) groups excluding carboxylic acids is 4. The maximum Gasteiger partial charge on any atom is 0.472 e. The zero-order chi connectivity index (χ0) is 72.8. The highest BCUT2D eigenvalue weighted by Gasteiger charge is 2.30. The summed E-state index contributed by atoms with van der Waals surface area (Å²) < 4.78 is 68.6. The maximum absolute atomic E-state index is 13.1. The summed E-state index contributed by atoms with van der Waals surface area (Å²) in [6.45, 7) is 9.69. The third-order valence-corrected chi connectivity index (χ3v) is 21.0. The van der Waals surface area contributed by atoms with Gasteiger partial charge in [-0.05, 0) is 37.5 Å². The fourth-order valence-electron chi connectivity index (χ4n) is 12.3. The van der Waals surface area contributed by atoms with Crippen LogP contribution in [0.4, 0.5) is 0 Å². The van der Waals surface area contributed by atoms with Crippen molar-refractivity contribution in [2.24, 2.45) is 11.8 Å². The van der Waals surface area contributed by atoms with E-state index in [0.29, 0.717) is 25.7 Å². The first-order valence-corrected chi connectivity index (χ1v) is 44.5. The number of hydrogen-bond donors (Lipinski definition) is 3. The zero-order valence-electron chi connectivity index (χ0n) is 64.8. The molecule has 0 aliphatic heterocycles. The van der Waals surface area contributed by atoms with Gasteiger partial charge in [0.15, 0.2) is 12.2 Å². The van der Waals surface area contributed by atoms with Crippen molar-refractivity contribution in [1.29, 1.82) is 0 Å². The van der Waals surface area contributed by atoms with Crippen LogP contribution < -0.4 is 0 Å². The zero-order valence-corrected chi connectivity index (χ0v) is 66.6. The molecule has 0 aromatic carbocycles. The molecule has 3 unspecified atom stereocenters. The van der Waals surface area contributed by atoms with Gasteiger partial charge in [0.05, 0.1) is 26.4 Å². The highest BCUT2D eigenvalue weighted by atomic mass is 31.2. The van der Waals surface area contributed by atoms with Crippen LogP contribution in [-0.4, -0.2) is 96.7 Å². The van der Waals surface area contributed by atoms with Crippen LogP contribution >= 0.6 is 15.6 Å². The molecule has 588 valence electrons. The van der Waals surface area contributed by atoms with Gasteiger partial charge in [-0.15, -0.1) is 0 Å². The molecule has 0 bridgehead atoms. The molecule has 0 amide bonds. The number of unbranched alkanes of at least 4 members (excludes halogenated alkanes) is 48.